The highest BCUT2D eigenvalue weighted by Gasteiger charge is 2.42. The monoisotopic (exact) mass is 727 g/mol. The predicted molar refractivity (Wildman–Crippen MR) is 203 cm³/mol. The maximum atomic E-state index is 13.3. The lowest BCUT2D eigenvalue weighted by Gasteiger charge is -2.36. The quantitative estimate of drug-likeness (QED) is 0.119. The van der Waals surface area contributed by atoms with E-state index in [0.29, 0.717) is 35.7 Å². The zero-order valence-electron chi connectivity index (χ0n) is 30.5. The Morgan fingerprint density at radius 1 is 0.907 bits per heavy atom. The lowest BCUT2D eigenvalue weighted by molar-refractivity contribution is -0.124. The molecule has 1 unspecified atom stereocenters. The molecule has 0 bridgehead atoms. The molecule has 1 aliphatic carbocycles. The second-order valence-electron chi connectivity index (χ2n) is 14.2. The summed E-state index contributed by atoms with van der Waals surface area (Å²) < 4.78 is 12.3. The van der Waals surface area contributed by atoms with Crippen LogP contribution >= 0.6 is 0 Å². The first-order valence-corrected chi connectivity index (χ1v) is 18.0. The molecule has 1 aromatic heterocycles. The molecule has 2 aliphatic heterocycles. The van der Waals surface area contributed by atoms with Crippen LogP contribution in [0, 0.1) is 0 Å². The first kappa shape index (κ1) is 36.1. The van der Waals surface area contributed by atoms with Crippen LogP contribution < -0.4 is 20.1 Å². The van der Waals surface area contributed by atoms with Gasteiger partial charge in [-0.3, -0.25) is 19.3 Å². The summed E-state index contributed by atoms with van der Waals surface area (Å²) in [7, 11) is 1.43. The third-order valence-electron chi connectivity index (χ3n) is 10.1. The first-order chi connectivity index (χ1) is 26.0. The molecule has 3 aromatic carbocycles. The summed E-state index contributed by atoms with van der Waals surface area (Å²) in [6.45, 7) is 6.28. The van der Waals surface area contributed by atoms with Crippen molar-refractivity contribution in [2.24, 2.45) is 10.2 Å². The van der Waals surface area contributed by atoms with E-state index in [-0.39, 0.29) is 41.5 Å². The summed E-state index contributed by atoms with van der Waals surface area (Å²) in [6, 6.07) is 20.3. The zero-order chi connectivity index (χ0) is 38.0. The van der Waals surface area contributed by atoms with Crippen molar-refractivity contribution in [3.63, 3.8) is 0 Å². The van der Waals surface area contributed by atoms with E-state index in [0.717, 1.165) is 46.0 Å². The Kier molecular flexibility index (Phi) is 10.0. The summed E-state index contributed by atoms with van der Waals surface area (Å²) in [5.41, 5.74) is 4.88. The van der Waals surface area contributed by atoms with Crippen molar-refractivity contribution in [3.05, 3.63) is 107 Å². The van der Waals surface area contributed by atoms with Crippen molar-refractivity contribution in [2.75, 3.05) is 12.4 Å². The van der Waals surface area contributed by atoms with Crippen LogP contribution in [0.5, 0.6) is 17.2 Å². The van der Waals surface area contributed by atoms with E-state index in [4.69, 9.17) is 9.47 Å². The molecule has 1 atom stereocenters. The Balaban J connectivity index is 0.903. The van der Waals surface area contributed by atoms with Gasteiger partial charge in [-0.1, -0.05) is 38.1 Å². The second kappa shape index (κ2) is 15.0. The standard InChI is InChI=1S/C41H41N7O6/c1-24-18-35(47-46-24)37-43-22-32(23-44-37)54-30-14-9-26(10-15-30)41(2,3)25-7-12-29(13-8-25)53-31-19-28(20-31)45-27-11-16-33-34(21-27)40(52)48(39(33)51)36(6-5-17-49)38(50)42-4/h7-17,21-23,28,31,36,45H,5-6,18-20H2,1-4H3,(H,42,50). The molecule has 1 saturated carbocycles. The number of hydrogen-bond acceptors (Lipinski definition) is 11. The number of anilines is 1. The number of benzene rings is 3. The molecule has 2 N–H and O–H groups in total. The molecule has 0 spiro atoms. The highest BCUT2D eigenvalue weighted by molar-refractivity contribution is 6.23. The number of hydrogen-bond donors (Lipinski definition) is 2. The van der Waals surface area contributed by atoms with Gasteiger partial charge in [0.15, 0.2) is 11.6 Å². The molecular weight excluding hydrogens is 686 g/mol. The molecule has 3 heterocycles. The van der Waals surface area contributed by atoms with Gasteiger partial charge in [0, 0.05) is 55.6 Å². The van der Waals surface area contributed by atoms with Crippen LogP contribution in [0.2, 0.25) is 0 Å². The minimum atomic E-state index is -1.05. The van der Waals surface area contributed by atoms with E-state index in [1.54, 1.807) is 30.6 Å². The molecule has 7 rings (SSSR count). The zero-order valence-corrected chi connectivity index (χ0v) is 30.5. The van der Waals surface area contributed by atoms with Crippen molar-refractivity contribution in [2.45, 2.75) is 76.5 Å². The van der Waals surface area contributed by atoms with Gasteiger partial charge in [0.05, 0.1) is 23.5 Å². The molecule has 54 heavy (non-hydrogen) atoms. The average molecular weight is 728 g/mol. The number of ether oxygens (including phenoxy) is 2. The lowest BCUT2D eigenvalue weighted by atomic mass is 9.78. The van der Waals surface area contributed by atoms with Crippen LogP contribution in [0.15, 0.2) is 89.3 Å². The van der Waals surface area contributed by atoms with Gasteiger partial charge in [0.25, 0.3) is 11.8 Å². The van der Waals surface area contributed by atoms with Gasteiger partial charge < -0.3 is 24.9 Å². The predicted octanol–water partition coefficient (Wildman–Crippen LogP) is 5.88. The summed E-state index contributed by atoms with van der Waals surface area (Å²) in [5, 5.41) is 14.1. The Morgan fingerprint density at radius 2 is 1.56 bits per heavy atom. The maximum absolute atomic E-state index is 13.3. The third-order valence-corrected chi connectivity index (χ3v) is 10.1. The van der Waals surface area contributed by atoms with E-state index >= 15 is 0 Å². The van der Waals surface area contributed by atoms with Crippen LogP contribution in [0.25, 0.3) is 0 Å². The van der Waals surface area contributed by atoms with E-state index in [9.17, 15) is 19.2 Å². The molecule has 0 saturated heterocycles. The van der Waals surface area contributed by atoms with Crippen molar-refractivity contribution in [3.8, 4) is 17.2 Å². The molecule has 276 valence electrons. The first-order valence-electron chi connectivity index (χ1n) is 18.0. The Hall–Kier alpha value is -6.24. The number of aromatic nitrogens is 2. The van der Waals surface area contributed by atoms with Gasteiger partial charge in [-0.2, -0.15) is 10.2 Å². The maximum Gasteiger partial charge on any atom is 0.262 e. The fourth-order valence-corrected chi connectivity index (χ4v) is 6.90. The summed E-state index contributed by atoms with van der Waals surface area (Å²) in [5.74, 6) is 1.000. The highest BCUT2D eigenvalue weighted by atomic mass is 16.5. The SMILES string of the molecule is CNC(=O)C(CCC=O)N1C(=O)c2ccc(NC3CC(Oc4ccc(C(C)(C)c5ccc(Oc6cnc(C7=NN=C(C)C7)nc6)cc5)cc4)C3)cc2C1=O. The van der Waals surface area contributed by atoms with Crippen molar-refractivity contribution in [1.82, 2.24) is 20.2 Å². The topological polar surface area (TPSA) is 165 Å². The number of carbonyl (C=O) groups is 4. The smallest absolute Gasteiger partial charge is 0.262 e. The van der Waals surface area contributed by atoms with E-state index in [1.807, 2.05) is 31.2 Å². The molecular formula is C41H41N7O6. The van der Waals surface area contributed by atoms with Crippen molar-refractivity contribution >= 4 is 41.1 Å². The Morgan fingerprint density at radius 3 is 2.17 bits per heavy atom. The van der Waals surface area contributed by atoms with Crippen LogP contribution in [0.4, 0.5) is 5.69 Å². The van der Waals surface area contributed by atoms with Crippen molar-refractivity contribution < 1.29 is 28.7 Å². The van der Waals surface area contributed by atoms with Crippen molar-refractivity contribution in [1.29, 1.82) is 0 Å². The number of nitrogens with one attached hydrogen (secondary N) is 2. The van der Waals surface area contributed by atoms with Crippen LogP contribution in [0.3, 0.4) is 0 Å². The summed E-state index contributed by atoms with van der Waals surface area (Å²) in [6.07, 6.45) is 6.29. The van der Waals surface area contributed by atoms with E-state index < -0.39 is 23.8 Å². The number of imide groups is 1. The molecule has 13 heteroatoms. The molecule has 13 nitrogen and oxygen atoms in total. The van der Waals surface area contributed by atoms with E-state index in [2.05, 4.69) is 68.9 Å². The number of aldehydes is 1. The summed E-state index contributed by atoms with van der Waals surface area (Å²) in [4.78, 5) is 59.5. The number of amides is 3. The Labute approximate surface area is 312 Å². The van der Waals surface area contributed by atoms with Gasteiger partial charge in [0.1, 0.15) is 35.6 Å². The van der Waals surface area contributed by atoms with E-state index in [1.165, 1.54) is 7.05 Å². The van der Waals surface area contributed by atoms with Gasteiger partial charge >= 0.3 is 0 Å². The molecule has 4 aromatic rings. The normalized spacial score (nSPS) is 18.3. The lowest BCUT2D eigenvalue weighted by Crippen LogP contribution is -2.48. The molecule has 0 radical (unpaired) electrons. The number of nitrogens with zero attached hydrogens (tertiary/aromatic N) is 5. The average Bonchev–Trinajstić information content (AvgIpc) is 3.71. The molecule has 1 fully saturated rings. The fraction of sp³-hybridized carbons (Fsp3) is 0.317. The number of likely N-dealkylation sites (N-methyl/N-ethyl adjacent to an activating group) is 1. The second-order valence-corrected chi connectivity index (χ2v) is 14.2. The molecule has 3 aliphatic rings. The number of fused-ring (bicyclic) bond motifs is 1. The minimum absolute atomic E-state index is 0.0319. The number of rotatable bonds is 14. The summed E-state index contributed by atoms with van der Waals surface area (Å²) >= 11 is 0. The highest BCUT2D eigenvalue weighted by Crippen LogP contribution is 2.36. The van der Waals surface area contributed by atoms with Crippen LogP contribution in [-0.2, 0) is 15.0 Å². The number of carbonyl (C=O) groups excluding carboxylic acids is 4. The minimum Gasteiger partial charge on any atom is -0.490 e. The van der Waals surface area contributed by atoms with Gasteiger partial charge in [-0.25, -0.2) is 9.97 Å². The van der Waals surface area contributed by atoms with Gasteiger partial charge in [-0.15, -0.1) is 0 Å². The molecule has 3 amide bonds. The third kappa shape index (κ3) is 7.34. The van der Waals surface area contributed by atoms with Crippen LogP contribution in [0.1, 0.15) is 90.5 Å². The van der Waals surface area contributed by atoms with Gasteiger partial charge in [-0.05, 0) is 66.9 Å². The Bertz CT molecular complexity index is 2140. The van der Waals surface area contributed by atoms with Crippen LogP contribution in [-0.4, -0.2) is 75.5 Å². The largest absolute Gasteiger partial charge is 0.490 e. The fourth-order valence-electron chi connectivity index (χ4n) is 6.90. The van der Waals surface area contributed by atoms with Gasteiger partial charge in [0.2, 0.25) is 5.91 Å².